The normalized spacial score (nSPS) is 11.5. The number of guanidine groups is 1. The quantitative estimate of drug-likeness (QED) is 0.273. The Labute approximate surface area is 81.6 Å². The molecule has 1 rings (SSSR count). The lowest BCUT2D eigenvalue weighted by atomic mass is 10.2. The van der Waals surface area contributed by atoms with Gasteiger partial charge in [-0.15, -0.1) is 0 Å². The number of hydrazine groups is 1. The highest BCUT2D eigenvalue weighted by Crippen LogP contribution is 2.21. The van der Waals surface area contributed by atoms with Gasteiger partial charge in [0.05, 0.1) is 5.69 Å². The van der Waals surface area contributed by atoms with E-state index in [0.717, 1.165) is 11.3 Å². The molecule has 1 aromatic carbocycles. The molecule has 13 heavy (non-hydrogen) atoms. The first-order chi connectivity index (χ1) is 6.13. The van der Waals surface area contributed by atoms with Crippen LogP contribution >= 0.6 is 11.6 Å². The molecule has 0 saturated heterocycles. The Balaban J connectivity index is 3.03. The van der Waals surface area contributed by atoms with Crippen molar-refractivity contribution in [3.63, 3.8) is 0 Å². The molecule has 5 heteroatoms. The number of aliphatic imine (C=N–C) groups is 1. The fourth-order valence-corrected chi connectivity index (χ4v) is 1.13. The third-order valence-electron chi connectivity index (χ3n) is 1.55. The highest BCUT2D eigenvalue weighted by Gasteiger charge is 1.97. The number of nitrogens with two attached hydrogens (primary N) is 2. The first kappa shape index (κ1) is 9.83. The number of benzene rings is 1. The van der Waals surface area contributed by atoms with E-state index >= 15 is 0 Å². The van der Waals surface area contributed by atoms with Crippen LogP contribution in [-0.2, 0) is 0 Å². The van der Waals surface area contributed by atoms with E-state index in [1.54, 1.807) is 12.1 Å². The Bertz CT molecular complexity index is 335. The summed E-state index contributed by atoms with van der Waals surface area (Å²) in [5.74, 6) is 5.24. The molecule has 0 amide bonds. The largest absolute Gasteiger partial charge is 0.369 e. The molecule has 0 atom stereocenters. The zero-order valence-electron chi connectivity index (χ0n) is 7.21. The molecular weight excluding hydrogens is 188 g/mol. The van der Waals surface area contributed by atoms with Crippen molar-refractivity contribution >= 4 is 23.2 Å². The Morgan fingerprint density at radius 2 is 2.23 bits per heavy atom. The lowest BCUT2D eigenvalue weighted by Crippen LogP contribution is -2.36. The second kappa shape index (κ2) is 4.11. The van der Waals surface area contributed by atoms with Gasteiger partial charge in [0, 0.05) is 5.02 Å². The number of halogens is 1. The molecule has 0 bridgehead atoms. The first-order valence-electron chi connectivity index (χ1n) is 3.70. The number of nitrogens with zero attached hydrogens (tertiary/aromatic N) is 1. The van der Waals surface area contributed by atoms with Crippen molar-refractivity contribution in [1.29, 1.82) is 0 Å². The first-order valence-corrected chi connectivity index (χ1v) is 4.08. The van der Waals surface area contributed by atoms with Crippen LogP contribution in [0.5, 0.6) is 0 Å². The van der Waals surface area contributed by atoms with E-state index in [0.29, 0.717) is 5.02 Å². The summed E-state index contributed by atoms with van der Waals surface area (Å²) in [6, 6.07) is 5.34. The van der Waals surface area contributed by atoms with Crippen LogP contribution in [-0.4, -0.2) is 5.96 Å². The predicted molar refractivity (Wildman–Crippen MR) is 54.8 cm³/mol. The van der Waals surface area contributed by atoms with Crippen LogP contribution < -0.4 is 17.0 Å². The van der Waals surface area contributed by atoms with Gasteiger partial charge in [-0.1, -0.05) is 11.6 Å². The summed E-state index contributed by atoms with van der Waals surface area (Å²) in [4.78, 5) is 4.02. The van der Waals surface area contributed by atoms with Gasteiger partial charge in [0.25, 0.3) is 0 Å². The zero-order valence-corrected chi connectivity index (χ0v) is 7.97. The molecule has 4 nitrogen and oxygen atoms in total. The fraction of sp³-hybridized carbons (Fsp3) is 0.125. The van der Waals surface area contributed by atoms with E-state index in [1.165, 1.54) is 0 Å². The Kier molecular flexibility index (Phi) is 3.11. The number of nitrogens with one attached hydrogen (secondary N) is 1. The molecule has 0 aliphatic carbocycles. The molecule has 0 saturated carbocycles. The maximum Gasteiger partial charge on any atom is 0.208 e. The Morgan fingerprint density at radius 1 is 1.54 bits per heavy atom. The molecule has 1 aromatic rings. The van der Waals surface area contributed by atoms with Crippen LogP contribution in [0.2, 0.25) is 5.02 Å². The van der Waals surface area contributed by atoms with Crippen molar-refractivity contribution in [2.75, 3.05) is 0 Å². The Hall–Kier alpha value is -1.26. The lowest BCUT2D eigenvalue weighted by molar-refractivity contribution is 1.01. The van der Waals surface area contributed by atoms with Crippen LogP contribution in [0.15, 0.2) is 23.2 Å². The van der Waals surface area contributed by atoms with Crippen LogP contribution in [0.1, 0.15) is 5.56 Å². The zero-order chi connectivity index (χ0) is 9.84. The van der Waals surface area contributed by atoms with Crippen molar-refractivity contribution in [3.8, 4) is 0 Å². The average Bonchev–Trinajstić information content (AvgIpc) is 2.09. The molecule has 0 heterocycles. The molecule has 0 unspecified atom stereocenters. The summed E-state index contributed by atoms with van der Waals surface area (Å²) in [5.41, 5.74) is 9.34. The van der Waals surface area contributed by atoms with Crippen molar-refractivity contribution in [1.82, 2.24) is 5.43 Å². The van der Waals surface area contributed by atoms with Gasteiger partial charge in [0.2, 0.25) is 5.96 Å². The third-order valence-corrected chi connectivity index (χ3v) is 1.78. The maximum atomic E-state index is 5.77. The monoisotopic (exact) mass is 198 g/mol. The summed E-state index contributed by atoms with van der Waals surface area (Å²) in [6.45, 7) is 1.90. The molecule has 0 radical (unpaired) electrons. The molecular formula is C8H11ClN4. The van der Waals surface area contributed by atoms with Crippen LogP contribution in [0.4, 0.5) is 5.69 Å². The van der Waals surface area contributed by atoms with Crippen LogP contribution in [0.3, 0.4) is 0 Å². The van der Waals surface area contributed by atoms with E-state index in [4.69, 9.17) is 23.2 Å². The summed E-state index contributed by atoms with van der Waals surface area (Å²) in [6.07, 6.45) is 0. The van der Waals surface area contributed by atoms with Gasteiger partial charge in [-0.25, -0.2) is 10.8 Å². The van der Waals surface area contributed by atoms with Crippen molar-refractivity contribution in [3.05, 3.63) is 28.8 Å². The van der Waals surface area contributed by atoms with Gasteiger partial charge in [0.1, 0.15) is 0 Å². The molecule has 70 valence electrons. The molecule has 0 spiro atoms. The highest BCUT2D eigenvalue weighted by atomic mass is 35.5. The van der Waals surface area contributed by atoms with Crippen molar-refractivity contribution in [2.24, 2.45) is 16.6 Å². The van der Waals surface area contributed by atoms with E-state index in [1.807, 2.05) is 13.0 Å². The predicted octanol–water partition coefficient (Wildman–Crippen LogP) is 1.06. The molecule has 5 N–H and O–H groups in total. The van der Waals surface area contributed by atoms with Gasteiger partial charge >= 0.3 is 0 Å². The SMILES string of the molecule is Cc1cc(Cl)ccc1N=C(N)NN. The molecule has 0 aromatic heterocycles. The number of hydrogen-bond donors (Lipinski definition) is 3. The number of hydrogen-bond acceptors (Lipinski definition) is 2. The smallest absolute Gasteiger partial charge is 0.208 e. The van der Waals surface area contributed by atoms with Crippen LogP contribution in [0.25, 0.3) is 0 Å². The second-order valence-corrected chi connectivity index (χ2v) is 3.01. The van der Waals surface area contributed by atoms with Gasteiger partial charge in [-0.05, 0) is 30.7 Å². The summed E-state index contributed by atoms with van der Waals surface area (Å²) >= 11 is 5.77. The maximum absolute atomic E-state index is 5.77. The lowest BCUT2D eigenvalue weighted by Gasteiger charge is -2.02. The average molecular weight is 199 g/mol. The molecule has 0 aliphatic rings. The van der Waals surface area contributed by atoms with Gasteiger partial charge in [-0.2, -0.15) is 0 Å². The minimum Gasteiger partial charge on any atom is -0.369 e. The second-order valence-electron chi connectivity index (χ2n) is 2.57. The van der Waals surface area contributed by atoms with Crippen molar-refractivity contribution < 1.29 is 0 Å². The minimum atomic E-state index is 0.172. The molecule has 0 aliphatic heterocycles. The standard InChI is InChI=1S/C8H11ClN4/c1-5-4-6(9)2-3-7(5)12-8(10)13-11/h2-4H,11H2,1H3,(H3,10,12,13). The van der Waals surface area contributed by atoms with E-state index < -0.39 is 0 Å². The molecule has 0 fully saturated rings. The minimum absolute atomic E-state index is 0.172. The third kappa shape index (κ3) is 2.61. The van der Waals surface area contributed by atoms with Gasteiger partial charge in [0.15, 0.2) is 0 Å². The fourth-order valence-electron chi connectivity index (χ4n) is 0.906. The topological polar surface area (TPSA) is 76.4 Å². The van der Waals surface area contributed by atoms with E-state index in [2.05, 4.69) is 10.4 Å². The van der Waals surface area contributed by atoms with E-state index in [-0.39, 0.29) is 5.96 Å². The summed E-state index contributed by atoms with van der Waals surface area (Å²) < 4.78 is 0. The van der Waals surface area contributed by atoms with E-state index in [9.17, 15) is 0 Å². The highest BCUT2D eigenvalue weighted by molar-refractivity contribution is 6.30. The van der Waals surface area contributed by atoms with Crippen molar-refractivity contribution in [2.45, 2.75) is 6.92 Å². The summed E-state index contributed by atoms with van der Waals surface area (Å²) in [7, 11) is 0. The summed E-state index contributed by atoms with van der Waals surface area (Å²) in [5, 5.41) is 0.677. The van der Waals surface area contributed by atoms with Gasteiger partial charge < -0.3 is 5.73 Å². The van der Waals surface area contributed by atoms with Crippen LogP contribution in [0, 0.1) is 6.92 Å². The number of rotatable bonds is 1. The number of aryl methyl sites for hydroxylation is 1. The Morgan fingerprint density at radius 3 is 2.77 bits per heavy atom. The van der Waals surface area contributed by atoms with Gasteiger partial charge in [-0.3, -0.25) is 5.43 Å².